The molecule has 0 amide bonds. The van der Waals surface area contributed by atoms with E-state index in [9.17, 15) is 22.0 Å². The van der Waals surface area contributed by atoms with Crippen molar-refractivity contribution in [3.05, 3.63) is 76.2 Å². The first-order chi connectivity index (χ1) is 18.5. The molecule has 1 aliphatic rings. The molecule has 39 heavy (non-hydrogen) atoms. The van der Waals surface area contributed by atoms with Crippen LogP contribution in [-0.4, -0.2) is 50.3 Å². The Morgan fingerprint density at radius 2 is 1.72 bits per heavy atom. The van der Waals surface area contributed by atoms with Crippen molar-refractivity contribution in [1.29, 1.82) is 0 Å². The van der Waals surface area contributed by atoms with Crippen LogP contribution in [-0.2, 0) is 21.4 Å². The Kier molecular flexibility index (Phi) is 9.04. The molecule has 0 unspecified atom stereocenters. The minimum atomic E-state index is -3.59. The largest absolute Gasteiger partial charge is 0.454 e. The summed E-state index contributed by atoms with van der Waals surface area (Å²) in [6.07, 6.45) is 5.36. The summed E-state index contributed by atoms with van der Waals surface area (Å²) < 4.78 is 66.9. The zero-order valence-electron chi connectivity index (χ0n) is 22.2. The molecule has 1 heterocycles. The SMILES string of the molecule is CCS(=O)(=O)Nc1ccc(Oc2ccc(F)cc2F)c(-c2c[nH]c(=O)cc2COC2CCC(N(C)C)CC2)c1. The highest BCUT2D eigenvalue weighted by Gasteiger charge is 2.24. The highest BCUT2D eigenvalue weighted by atomic mass is 32.2. The van der Waals surface area contributed by atoms with Crippen LogP contribution in [0.3, 0.4) is 0 Å². The average Bonchev–Trinajstić information content (AvgIpc) is 2.90. The molecule has 1 fully saturated rings. The van der Waals surface area contributed by atoms with Gasteiger partial charge in [0.2, 0.25) is 15.6 Å². The third-order valence-electron chi connectivity index (χ3n) is 6.90. The normalized spacial score (nSPS) is 17.8. The van der Waals surface area contributed by atoms with Crippen LogP contribution in [0.25, 0.3) is 11.1 Å². The standard InChI is InChI=1S/C28H33F2N3O5S/c1-4-39(35,36)32-20-6-12-26(38-27-11-5-19(29)14-25(27)30)23(15-20)24-16-31-28(34)13-18(24)17-37-22-9-7-21(8-10-22)33(2)3/h5-6,11-16,21-22,32H,4,7-10,17H2,1-3H3,(H,31,34). The first-order valence-electron chi connectivity index (χ1n) is 12.8. The molecule has 1 aliphatic carbocycles. The van der Waals surface area contributed by atoms with Gasteiger partial charge in [0.15, 0.2) is 11.6 Å². The lowest BCUT2D eigenvalue weighted by Crippen LogP contribution is -2.34. The Hall–Kier alpha value is -3.28. The summed E-state index contributed by atoms with van der Waals surface area (Å²) in [7, 11) is 0.555. The first-order valence-corrected chi connectivity index (χ1v) is 14.5. The van der Waals surface area contributed by atoms with Gasteiger partial charge in [-0.25, -0.2) is 17.2 Å². The fourth-order valence-electron chi connectivity index (χ4n) is 4.64. The molecule has 1 saturated carbocycles. The zero-order chi connectivity index (χ0) is 28.2. The summed E-state index contributed by atoms with van der Waals surface area (Å²) in [6, 6.07) is 9.41. The van der Waals surface area contributed by atoms with Crippen LogP contribution in [0.1, 0.15) is 38.2 Å². The Labute approximate surface area is 227 Å². The van der Waals surface area contributed by atoms with Gasteiger partial charge in [-0.15, -0.1) is 0 Å². The number of nitrogens with one attached hydrogen (secondary N) is 2. The second-order valence-electron chi connectivity index (χ2n) is 9.83. The van der Waals surface area contributed by atoms with E-state index in [-0.39, 0.29) is 41.2 Å². The number of aromatic amines is 1. The predicted octanol–water partition coefficient (Wildman–Crippen LogP) is 5.26. The third kappa shape index (κ3) is 7.43. The molecular weight excluding hydrogens is 528 g/mol. The molecule has 0 atom stereocenters. The number of benzene rings is 2. The minimum Gasteiger partial charge on any atom is -0.454 e. The van der Waals surface area contributed by atoms with E-state index in [1.807, 2.05) is 0 Å². The molecule has 0 bridgehead atoms. The number of nitrogens with zero attached hydrogens (tertiary/aromatic N) is 1. The zero-order valence-corrected chi connectivity index (χ0v) is 23.0. The van der Waals surface area contributed by atoms with Gasteiger partial charge in [-0.1, -0.05) is 0 Å². The van der Waals surface area contributed by atoms with Crippen molar-refractivity contribution in [3.63, 3.8) is 0 Å². The minimum absolute atomic E-state index is 0.0417. The fraction of sp³-hybridized carbons (Fsp3) is 0.393. The van der Waals surface area contributed by atoms with Crippen molar-refractivity contribution in [2.75, 3.05) is 24.6 Å². The molecule has 2 N–H and O–H groups in total. The Morgan fingerprint density at radius 1 is 1.00 bits per heavy atom. The van der Waals surface area contributed by atoms with Crippen molar-refractivity contribution >= 4 is 15.7 Å². The molecule has 4 rings (SSSR count). The van der Waals surface area contributed by atoms with Crippen LogP contribution in [0.4, 0.5) is 14.5 Å². The summed E-state index contributed by atoms with van der Waals surface area (Å²) >= 11 is 0. The summed E-state index contributed by atoms with van der Waals surface area (Å²) in [4.78, 5) is 17.1. The third-order valence-corrected chi connectivity index (χ3v) is 8.20. The van der Waals surface area contributed by atoms with Crippen molar-refractivity contribution in [3.8, 4) is 22.6 Å². The summed E-state index contributed by atoms with van der Waals surface area (Å²) in [6.45, 7) is 1.66. The summed E-state index contributed by atoms with van der Waals surface area (Å²) in [5, 5.41) is 0. The number of anilines is 1. The van der Waals surface area contributed by atoms with Gasteiger partial charge in [0.25, 0.3) is 0 Å². The molecule has 210 valence electrons. The molecule has 8 nitrogen and oxygen atoms in total. The van der Waals surface area contributed by atoms with Gasteiger partial charge >= 0.3 is 0 Å². The van der Waals surface area contributed by atoms with E-state index >= 15 is 0 Å². The maximum Gasteiger partial charge on any atom is 0.248 e. The van der Waals surface area contributed by atoms with Gasteiger partial charge in [-0.2, -0.15) is 0 Å². The van der Waals surface area contributed by atoms with E-state index in [1.54, 1.807) is 6.07 Å². The Morgan fingerprint density at radius 3 is 2.38 bits per heavy atom. The molecule has 11 heteroatoms. The summed E-state index contributed by atoms with van der Waals surface area (Å²) in [5.74, 6) is -1.80. The van der Waals surface area contributed by atoms with Crippen LogP contribution in [0.5, 0.6) is 11.5 Å². The van der Waals surface area contributed by atoms with E-state index in [0.717, 1.165) is 31.7 Å². The number of rotatable bonds is 10. The average molecular weight is 562 g/mol. The number of hydrogen-bond acceptors (Lipinski definition) is 6. The van der Waals surface area contributed by atoms with Crippen molar-refractivity contribution in [2.45, 2.75) is 51.4 Å². The second-order valence-corrected chi connectivity index (χ2v) is 11.8. The number of H-pyrrole nitrogens is 1. The van der Waals surface area contributed by atoms with Gasteiger partial charge in [0, 0.05) is 41.2 Å². The van der Waals surface area contributed by atoms with Gasteiger partial charge in [0.05, 0.1) is 18.5 Å². The lowest BCUT2D eigenvalue weighted by Gasteiger charge is -2.32. The molecule has 2 aromatic carbocycles. The number of halogens is 2. The highest BCUT2D eigenvalue weighted by Crippen LogP contribution is 2.38. The van der Waals surface area contributed by atoms with E-state index in [2.05, 4.69) is 28.7 Å². The monoisotopic (exact) mass is 561 g/mol. The Balaban J connectivity index is 1.69. The highest BCUT2D eigenvalue weighted by molar-refractivity contribution is 7.92. The van der Waals surface area contributed by atoms with E-state index < -0.39 is 21.7 Å². The number of hydrogen-bond donors (Lipinski definition) is 2. The van der Waals surface area contributed by atoms with Crippen molar-refractivity contribution in [2.24, 2.45) is 0 Å². The molecule has 1 aromatic heterocycles. The molecule has 3 aromatic rings. The van der Waals surface area contributed by atoms with Gasteiger partial charge in [-0.05, 0) is 82.6 Å². The maximum absolute atomic E-state index is 14.4. The lowest BCUT2D eigenvalue weighted by molar-refractivity contribution is 0.00304. The molecular formula is C28H33F2N3O5S. The predicted molar refractivity (Wildman–Crippen MR) is 147 cm³/mol. The second kappa shape index (κ2) is 12.3. The van der Waals surface area contributed by atoms with Crippen LogP contribution in [0.15, 0.2) is 53.5 Å². The fourth-order valence-corrected chi connectivity index (χ4v) is 5.27. The van der Waals surface area contributed by atoms with Crippen LogP contribution >= 0.6 is 0 Å². The van der Waals surface area contributed by atoms with Crippen LogP contribution < -0.4 is 15.0 Å². The topological polar surface area (TPSA) is 101 Å². The number of pyridine rings is 1. The summed E-state index contributed by atoms with van der Waals surface area (Å²) in [5.41, 5.74) is 1.41. The van der Waals surface area contributed by atoms with Gasteiger partial charge < -0.3 is 19.4 Å². The molecule has 0 radical (unpaired) electrons. The lowest BCUT2D eigenvalue weighted by atomic mass is 9.92. The van der Waals surface area contributed by atoms with Crippen LogP contribution in [0.2, 0.25) is 0 Å². The van der Waals surface area contributed by atoms with Gasteiger partial charge in [-0.3, -0.25) is 9.52 Å². The van der Waals surface area contributed by atoms with Crippen molar-refractivity contribution in [1.82, 2.24) is 9.88 Å². The molecule has 0 aliphatic heterocycles. The molecule has 0 spiro atoms. The number of sulfonamides is 1. The quantitative estimate of drug-likeness (QED) is 0.350. The molecule has 0 saturated heterocycles. The Bertz CT molecular complexity index is 1470. The maximum atomic E-state index is 14.4. The van der Waals surface area contributed by atoms with E-state index in [4.69, 9.17) is 9.47 Å². The van der Waals surface area contributed by atoms with Gasteiger partial charge in [0.1, 0.15) is 11.6 Å². The number of aromatic nitrogens is 1. The van der Waals surface area contributed by atoms with E-state index in [1.165, 1.54) is 37.4 Å². The smallest absolute Gasteiger partial charge is 0.248 e. The van der Waals surface area contributed by atoms with E-state index in [0.29, 0.717) is 28.8 Å². The first kappa shape index (κ1) is 28.7. The van der Waals surface area contributed by atoms with Crippen LogP contribution in [0, 0.1) is 11.6 Å². The number of ether oxygens (including phenoxy) is 2. The van der Waals surface area contributed by atoms with Crippen molar-refractivity contribution < 1.29 is 26.7 Å².